The van der Waals surface area contributed by atoms with Crippen LogP contribution in [0.2, 0.25) is 0 Å². The van der Waals surface area contributed by atoms with E-state index in [1.54, 1.807) is 6.92 Å². The van der Waals surface area contributed by atoms with Crippen LogP contribution in [0.5, 0.6) is 5.75 Å². The van der Waals surface area contributed by atoms with E-state index in [9.17, 15) is 18.0 Å². The molecule has 0 aliphatic carbocycles. The number of benzene rings is 2. The zero-order valence-electron chi connectivity index (χ0n) is 20.2. The summed E-state index contributed by atoms with van der Waals surface area (Å²) < 4.78 is 35.9. The van der Waals surface area contributed by atoms with Crippen LogP contribution < -0.4 is 10.1 Å². The highest BCUT2D eigenvalue weighted by Crippen LogP contribution is 2.38. The van der Waals surface area contributed by atoms with E-state index in [0.29, 0.717) is 29.3 Å². The second-order valence-corrected chi connectivity index (χ2v) is 11.5. The van der Waals surface area contributed by atoms with Crippen LogP contribution in [0.4, 0.5) is 5.00 Å². The van der Waals surface area contributed by atoms with E-state index in [-0.39, 0.29) is 11.5 Å². The van der Waals surface area contributed by atoms with Crippen molar-refractivity contribution in [1.29, 1.82) is 0 Å². The van der Waals surface area contributed by atoms with E-state index in [1.807, 2.05) is 18.2 Å². The Balaban J connectivity index is 1.53. The summed E-state index contributed by atoms with van der Waals surface area (Å²) in [4.78, 5) is 28.9. The van der Waals surface area contributed by atoms with Gasteiger partial charge in [-0.2, -0.15) is 0 Å². The maximum absolute atomic E-state index is 12.8. The van der Waals surface area contributed by atoms with Gasteiger partial charge in [-0.15, -0.1) is 11.3 Å². The molecule has 1 aromatic heterocycles. The summed E-state index contributed by atoms with van der Waals surface area (Å²) in [6.07, 6.45) is 0.632. The van der Waals surface area contributed by atoms with Gasteiger partial charge in [0.15, 0.2) is 9.84 Å². The molecular formula is C26H28N2O6S2. The van der Waals surface area contributed by atoms with Gasteiger partial charge in [0.1, 0.15) is 16.5 Å². The largest absolute Gasteiger partial charge is 0.497 e. The predicted octanol–water partition coefficient (Wildman–Crippen LogP) is 3.90. The van der Waals surface area contributed by atoms with Crippen molar-refractivity contribution in [3.05, 3.63) is 76.2 Å². The Bertz CT molecular complexity index is 1330. The van der Waals surface area contributed by atoms with Crippen molar-refractivity contribution in [2.24, 2.45) is 0 Å². The molecule has 1 aliphatic rings. The van der Waals surface area contributed by atoms with E-state index in [0.717, 1.165) is 23.5 Å². The summed E-state index contributed by atoms with van der Waals surface area (Å²) in [6.45, 7) is 4.07. The summed E-state index contributed by atoms with van der Waals surface area (Å²) in [6, 6.07) is 16.0. The molecule has 2 heterocycles. The Morgan fingerprint density at radius 1 is 1.08 bits per heavy atom. The minimum atomic E-state index is -3.88. The van der Waals surface area contributed by atoms with Gasteiger partial charge in [0, 0.05) is 24.5 Å². The third-order valence-corrected chi connectivity index (χ3v) is 8.62. The molecule has 0 fully saturated rings. The number of sulfone groups is 1. The van der Waals surface area contributed by atoms with Gasteiger partial charge in [-0.1, -0.05) is 30.3 Å². The molecule has 1 amide bonds. The van der Waals surface area contributed by atoms with Crippen molar-refractivity contribution in [1.82, 2.24) is 4.90 Å². The van der Waals surface area contributed by atoms with Crippen molar-refractivity contribution in [2.45, 2.75) is 31.3 Å². The van der Waals surface area contributed by atoms with Gasteiger partial charge >= 0.3 is 5.97 Å². The number of rotatable bonds is 9. The normalized spacial score (nSPS) is 13.6. The molecule has 0 radical (unpaired) electrons. The van der Waals surface area contributed by atoms with Crippen LogP contribution in [-0.4, -0.2) is 51.2 Å². The molecule has 0 saturated heterocycles. The number of thiophene rings is 1. The van der Waals surface area contributed by atoms with Crippen LogP contribution in [0.15, 0.2) is 59.5 Å². The van der Waals surface area contributed by atoms with Gasteiger partial charge in [-0.25, -0.2) is 13.2 Å². The minimum Gasteiger partial charge on any atom is -0.497 e. The first kappa shape index (κ1) is 25.9. The third kappa shape index (κ3) is 5.95. The number of anilines is 1. The monoisotopic (exact) mass is 528 g/mol. The Labute approximate surface area is 214 Å². The van der Waals surface area contributed by atoms with Gasteiger partial charge in [-0.3, -0.25) is 9.69 Å². The molecule has 1 aliphatic heterocycles. The average molecular weight is 529 g/mol. The molecule has 0 atom stereocenters. The highest BCUT2D eigenvalue weighted by Gasteiger charge is 2.30. The number of nitrogens with one attached hydrogen (secondary N) is 1. The summed E-state index contributed by atoms with van der Waals surface area (Å²) >= 11 is 1.30. The number of hydrogen-bond acceptors (Lipinski definition) is 8. The standard InChI is InChI=1S/C26H28N2O6S2/c1-3-34-26(30)24-21-13-14-28(15-18-7-5-4-6-8-18)16-22(21)35-25(24)27-23(29)17-36(31,32)20-11-9-19(33-2)10-12-20/h4-12H,3,13-17H2,1-2H3,(H,27,29). The van der Waals surface area contributed by atoms with Gasteiger partial charge < -0.3 is 14.8 Å². The van der Waals surface area contributed by atoms with Crippen molar-refractivity contribution >= 4 is 38.1 Å². The highest BCUT2D eigenvalue weighted by atomic mass is 32.2. The van der Waals surface area contributed by atoms with E-state index in [1.165, 1.54) is 48.3 Å². The third-order valence-electron chi connectivity index (χ3n) is 5.86. The maximum atomic E-state index is 12.8. The topological polar surface area (TPSA) is 102 Å². The first-order valence-electron chi connectivity index (χ1n) is 11.5. The first-order chi connectivity index (χ1) is 17.3. The molecule has 8 nitrogen and oxygen atoms in total. The lowest BCUT2D eigenvalue weighted by molar-refractivity contribution is -0.113. The van der Waals surface area contributed by atoms with E-state index in [2.05, 4.69) is 22.3 Å². The van der Waals surface area contributed by atoms with Crippen LogP contribution in [0.1, 0.15) is 33.3 Å². The van der Waals surface area contributed by atoms with Crippen LogP contribution in [0.25, 0.3) is 0 Å². The molecule has 2 aromatic carbocycles. The second kappa shape index (κ2) is 11.2. The lowest BCUT2D eigenvalue weighted by Crippen LogP contribution is -2.30. The maximum Gasteiger partial charge on any atom is 0.341 e. The molecule has 190 valence electrons. The van der Waals surface area contributed by atoms with E-state index < -0.39 is 27.5 Å². The van der Waals surface area contributed by atoms with Crippen molar-refractivity contribution in [3.63, 3.8) is 0 Å². The number of fused-ring (bicyclic) bond motifs is 1. The highest BCUT2D eigenvalue weighted by molar-refractivity contribution is 7.92. The van der Waals surface area contributed by atoms with Gasteiger partial charge in [0.2, 0.25) is 5.91 Å². The summed E-state index contributed by atoms with van der Waals surface area (Å²) in [5, 5.41) is 3.01. The fraction of sp³-hybridized carbons (Fsp3) is 0.308. The minimum absolute atomic E-state index is 0.0195. The van der Waals surface area contributed by atoms with E-state index >= 15 is 0 Å². The van der Waals surface area contributed by atoms with Gasteiger partial charge in [-0.05, 0) is 48.7 Å². The smallest absolute Gasteiger partial charge is 0.341 e. The molecule has 0 spiro atoms. The van der Waals surface area contributed by atoms with Crippen LogP contribution in [0, 0.1) is 0 Å². The first-order valence-corrected chi connectivity index (χ1v) is 14.0. The fourth-order valence-electron chi connectivity index (χ4n) is 4.14. The average Bonchev–Trinajstić information content (AvgIpc) is 3.21. The van der Waals surface area contributed by atoms with Crippen LogP contribution in [-0.2, 0) is 38.9 Å². The number of hydrogen-bond donors (Lipinski definition) is 1. The SMILES string of the molecule is CCOC(=O)c1c(NC(=O)CS(=O)(=O)c2ccc(OC)cc2)sc2c1CCN(Cc1ccccc1)C2. The molecule has 0 saturated carbocycles. The number of methoxy groups -OCH3 is 1. The Morgan fingerprint density at radius 3 is 2.47 bits per heavy atom. The molecule has 10 heteroatoms. The summed E-state index contributed by atoms with van der Waals surface area (Å²) in [7, 11) is -2.40. The zero-order valence-corrected chi connectivity index (χ0v) is 21.8. The van der Waals surface area contributed by atoms with Gasteiger partial charge in [0.25, 0.3) is 0 Å². The summed E-state index contributed by atoms with van der Waals surface area (Å²) in [5.41, 5.74) is 2.38. The molecule has 1 N–H and O–H groups in total. The number of nitrogens with zero attached hydrogens (tertiary/aromatic N) is 1. The number of amides is 1. The van der Waals surface area contributed by atoms with Gasteiger partial charge in [0.05, 0.1) is 24.2 Å². The number of ether oxygens (including phenoxy) is 2. The molecule has 36 heavy (non-hydrogen) atoms. The fourth-order valence-corrected chi connectivity index (χ4v) is 6.57. The number of carbonyl (C=O) groups is 2. The Hall–Kier alpha value is -3.21. The summed E-state index contributed by atoms with van der Waals surface area (Å²) in [5.74, 6) is -1.46. The molecule has 0 bridgehead atoms. The predicted molar refractivity (Wildman–Crippen MR) is 138 cm³/mol. The lowest BCUT2D eigenvalue weighted by atomic mass is 10.0. The number of carbonyl (C=O) groups excluding carboxylic acids is 2. The van der Waals surface area contributed by atoms with Crippen molar-refractivity contribution in [3.8, 4) is 5.75 Å². The Morgan fingerprint density at radius 2 is 1.81 bits per heavy atom. The zero-order chi connectivity index (χ0) is 25.7. The lowest BCUT2D eigenvalue weighted by Gasteiger charge is -2.27. The quantitative estimate of drug-likeness (QED) is 0.420. The molecular weight excluding hydrogens is 500 g/mol. The van der Waals surface area contributed by atoms with Crippen LogP contribution in [0.3, 0.4) is 0 Å². The second-order valence-electron chi connectivity index (χ2n) is 8.36. The van der Waals surface area contributed by atoms with Crippen molar-refractivity contribution < 1.29 is 27.5 Å². The van der Waals surface area contributed by atoms with Crippen molar-refractivity contribution in [2.75, 3.05) is 31.3 Å². The van der Waals surface area contributed by atoms with E-state index in [4.69, 9.17) is 9.47 Å². The molecule has 3 aromatic rings. The molecule has 4 rings (SSSR count). The van der Waals surface area contributed by atoms with Crippen LogP contribution >= 0.6 is 11.3 Å². The molecule has 0 unspecified atom stereocenters. The number of esters is 1. The Kier molecular flexibility index (Phi) is 8.07.